The third-order valence-electron chi connectivity index (χ3n) is 4.92. The second-order valence-corrected chi connectivity index (χ2v) is 7.18. The van der Waals surface area contributed by atoms with Gasteiger partial charge in [0.2, 0.25) is 5.91 Å². The number of rotatable bonds is 7. The van der Waals surface area contributed by atoms with E-state index in [0.29, 0.717) is 12.5 Å². The van der Waals surface area contributed by atoms with Gasteiger partial charge in [-0.15, -0.1) is 0 Å². The van der Waals surface area contributed by atoms with Crippen molar-refractivity contribution in [3.8, 4) is 0 Å². The van der Waals surface area contributed by atoms with E-state index in [9.17, 15) is 4.79 Å². The first-order valence-electron chi connectivity index (χ1n) is 8.68. The van der Waals surface area contributed by atoms with E-state index in [1.807, 2.05) is 4.90 Å². The van der Waals surface area contributed by atoms with Gasteiger partial charge in [-0.05, 0) is 44.7 Å². The number of hydrogen-bond donors (Lipinski definition) is 1. The molecule has 2 fully saturated rings. The zero-order chi connectivity index (χ0) is 16.0. The fourth-order valence-corrected chi connectivity index (χ4v) is 3.46. The number of methoxy groups -OCH3 is 1. The number of ether oxygens (including phenoxy) is 2. The molecule has 5 heteroatoms. The number of nitrogens with zero attached hydrogens (tertiary/aromatic N) is 1. The van der Waals surface area contributed by atoms with Gasteiger partial charge in [0.1, 0.15) is 0 Å². The molecule has 22 heavy (non-hydrogen) atoms. The number of carbonyl (C=O) groups is 1. The highest BCUT2D eigenvalue weighted by Gasteiger charge is 2.43. The Morgan fingerprint density at radius 1 is 1.36 bits per heavy atom. The van der Waals surface area contributed by atoms with Crippen LogP contribution in [-0.2, 0) is 14.3 Å². The number of piperidine rings is 1. The average Bonchev–Trinajstić information content (AvgIpc) is 2.96. The Labute approximate surface area is 134 Å². The molecule has 0 aliphatic carbocycles. The Morgan fingerprint density at radius 3 is 2.73 bits per heavy atom. The van der Waals surface area contributed by atoms with Crippen LogP contribution in [0.25, 0.3) is 0 Å². The third-order valence-corrected chi connectivity index (χ3v) is 4.92. The van der Waals surface area contributed by atoms with Crippen molar-refractivity contribution in [3.05, 3.63) is 0 Å². The number of likely N-dealkylation sites (tertiary alicyclic amines) is 1. The van der Waals surface area contributed by atoms with E-state index in [1.165, 1.54) is 0 Å². The van der Waals surface area contributed by atoms with Crippen molar-refractivity contribution >= 4 is 5.91 Å². The molecule has 5 nitrogen and oxygen atoms in total. The number of carbonyl (C=O) groups excluding carboxylic acids is 1. The van der Waals surface area contributed by atoms with Crippen LogP contribution in [0, 0.1) is 11.3 Å². The molecule has 0 radical (unpaired) electrons. The molecule has 1 unspecified atom stereocenters. The summed E-state index contributed by atoms with van der Waals surface area (Å²) in [5.41, 5.74) is -0.327. The van der Waals surface area contributed by atoms with E-state index in [2.05, 4.69) is 19.2 Å². The van der Waals surface area contributed by atoms with Gasteiger partial charge in [0, 0.05) is 26.8 Å². The second kappa shape index (κ2) is 8.27. The smallest absolute Gasteiger partial charge is 0.231 e. The number of amides is 1. The molecule has 1 atom stereocenters. The number of hydrogen-bond acceptors (Lipinski definition) is 4. The fraction of sp³-hybridized carbons (Fsp3) is 0.941. The first-order valence-corrected chi connectivity index (χ1v) is 8.68. The summed E-state index contributed by atoms with van der Waals surface area (Å²) < 4.78 is 11.3. The molecular formula is C17H32N2O3. The molecule has 1 N–H and O–H groups in total. The maximum Gasteiger partial charge on any atom is 0.231 e. The lowest BCUT2D eigenvalue weighted by molar-refractivity contribution is -0.147. The molecule has 2 saturated heterocycles. The van der Waals surface area contributed by atoms with E-state index in [-0.39, 0.29) is 17.4 Å². The van der Waals surface area contributed by atoms with Crippen LogP contribution in [0.3, 0.4) is 0 Å². The third kappa shape index (κ3) is 4.43. The van der Waals surface area contributed by atoms with Crippen LogP contribution in [0.1, 0.15) is 39.5 Å². The van der Waals surface area contributed by atoms with Crippen molar-refractivity contribution in [1.82, 2.24) is 10.2 Å². The van der Waals surface area contributed by atoms with Gasteiger partial charge < -0.3 is 19.7 Å². The lowest BCUT2D eigenvalue weighted by Crippen LogP contribution is -2.51. The summed E-state index contributed by atoms with van der Waals surface area (Å²) in [6.07, 6.45) is 4.00. The van der Waals surface area contributed by atoms with Crippen LogP contribution >= 0.6 is 0 Å². The minimum Gasteiger partial charge on any atom is -0.384 e. The van der Waals surface area contributed by atoms with Crippen molar-refractivity contribution in [2.75, 3.05) is 46.5 Å². The number of nitrogens with one attached hydrogen (secondary N) is 1. The largest absolute Gasteiger partial charge is 0.384 e. The maximum absolute atomic E-state index is 13.0. The van der Waals surface area contributed by atoms with Crippen LogP contribution in [0.15, 0.2) is 0 Å². The standard InChI is InChI=1S/C17H32N2O3/c1-14(2)5-11-22-15-4-10-19(12-15)16(20)17(13-21-3)6-8-18-9-7-17/h14-15,18H,4-13H2,1-3H3. The predicted molar refractivity (Wildman–Crippen MR) is 86.8 cm³/mol. The second-order valence-electron chi connectivity index (χ2n) is 7.18. The van der Waals surface area contributed by atoms with Crippen molar-refractivity contribution in [2.24, 2.45) is 11.3 Å². The van der Waals surface area contributed by atoms with Gasteiger partial charge in [0.05, 0.1) is 18.1 Å². The minimum atomic E-state index is -0.327. The van der Waals surface area contributed by atoms with Crippen LogP contribution in [-0.4, -0.2) is 63.4 Å². The molecule has 0 bridgehead atoms. The SMILES string of the molecule is COCC1(C(=O)N2CCC(OCCC(C)C)C2)CCNCC1. The van der Waals surface area contributed by atoms with Gasteiger partial charge >= 0.3 is 0 Å². The highest BCUT2D eigenvalue weighted by Crippen LogP contribution is 2.33. The maximum atomic E-state index is 13.0. The van der Waals surface area contributed by atoms with Crippen molar-refractivity contribution < 1.29 is 14.3 Å². The molecule has 0 spiro atoms. The summed E-state index contributed by atoms with van der Waals surface area (Å²) in [6, 6.07) is 0. The molecule has 1 amide bonds. The molecule has 2 rings (SSSR count). The summed E-state index contributed by atoms with van der Waals surface area (Å²) in [7, 11) is 1.69. The van der Waals surface area contributed by atoms with E-state index in [1.54, 1.807) is 7.11 Å². The van der Waals surface area contributed by atoms with Gasteiger partial charge in [-0.1, -0.05) is 13.8 Å². The molecule has 2 aliphatic heterocycles. The van der Waals surface area contributed by atoms with Gasteiger partial charge in [-0.3, -0.25) is 4.79 Å². The van der Waals surface area contributed by atoms with Gasteiger partial charge in [0.15, 0.2) is 0 Å². The van der Waals surface area contributed by atoms with Crippen LogP contribution in [0.5, 0.6) is 0 Å². The van der Waals surface area contributed by atoms with Crippen LogP contribution in [0.4, 0.5) is 0 Å². The molecule has 0 aromatic carbocycles. The monoisotopic (exact) mass is 312 g/mol. The Hall–Kier alpha value is -0.650. The van der Waals surface area contributed by atoms with Crippen molar-refractivity contribution in [2.45, 2.75) is 45.6 Å². The van der Waals surface area contributed by atoms with Gasteiger partial charge in [-0.25, -0.2) is 0 Å². The summed E-state index contributed by atoms with van der Waals surface area (Å²) >= 11 is 0. The fourth-order valence-electron chi connectivity index (χ4n) is 3.46. The molecule has 0 aromatic heterocycles. The van der Waals surface area contributed by atoms with Gasteiger partial charge in [-0.2, -0.15) is 0 Å². The Balaban J connectivity index is 1.86. The average molecular weight is 312 g/mol. The quantitative estimate of drug-likeness (QED) is 0.777. The van der Waals surface area contributed by atoms with Crippen LogP contribution < -0.4 is 5.32 Å². The van der Waals surface area contributed by atoms with Crippen LogP contribution in [0.2, 0.25) is 0 Å². The zero-order valence-electron chi connectivity index (χ0n) is 14.4. The van der Waals surface area contributed by atoms with E-state index in [4.69, 9.17) is 9.47 Å². The van der Waals surface area contributed by atoms with Crippen molar-refractivity contribution in [3.63, 3.8) is 0 Å². The molecule has 0 saturated carbocycles. The molecule has 0 aromatic rings. The zero-order valence-corrected chi connectivity index (χ0v) is 14.4. The topological polar surface area (TPSA) is 50.8 Å². The molecule has 2 aliphatic rings. The molecule has 128 valence electrons. The lowest BCUT2D eigenvalue weighted by atomic mass is 9.78. The Bertz CT molecular complexity index is 348. The minimum absolute atomic E-state index is 0.212. The normalized spacial score (nSPS) is 24.9. The van der Waals surface area contributed by atoms with E-state index < -0.39 is 0 Å². The highest BCUT2D eigenvalue weighted by molar-refractivity contribution is 5.83. The van der Waals surface area contributed by atoms with E-state index >= 15 is 0 Å². The predicted octanol–water partition coefficient (Wildman–Crippen LogP) is 1.67. The highest BCUT2D eigenvalue weighted by atomic mass is 16.5. The first-order chi connectivity index (χ1) is 10.6. The molecule has 2 heterocycles. The Kier molecular flexibility index (Phi) is 6.66. The van der Waals surface area contributed by atoms with Crippen molar-refractivity contribution in [1.29, 1.82) is 0 Å². The van der Waals surface area contributed by atoms with Gasteiger partial charge in [0.25, 0.3) is 0 Å². The molecular weight excluding hydrogens is 280 g/mol. The summed E-state index contributed by atoms with van der Waals surface area (Å²) in [4.78, 5) is 15.0. The summed E-state index contributed by atoms with van der Waals surface area (Å²) in [5.74, 6) is 0.935. The summed E-state index contributed by atoms with van der Waals surface area (Å²) in [6.45, 7) is 9.12. The first kappa shape index (κ1) is 17.7. The Morgan fingerprint density at radius 2 is 2.09 bits per heavy atom. The summed E-state index contributed by atoms with van der Waals surface area (Å²) in [5, 5.41) is 3.34. The van der Waals surface area contributed by atoms with E-state index in [0.717, 1.165) is 58.5 Å². The lowest BCUT2D eigenvalue weighted by Gasteiger charge is -2.38.